The number of carbonyl (C=O) groups is 7. The van der Waals surface area contributed by atoms with Crippen LogP contribution in [0.3, 0.4) is 0 Å². The summed E-state index contributed by atoms with van der Waals surface area (Å²) in [5, 5.41) is 6.57. The Balaban J connectivity index is 2.41. The minimum Gasteiger partial charge on any atom is -0.424 e. The van der Waals surface area contributed by atoms with E-state index in [1.54, 1.807) is 0 Å². The van der Waals surface area contributed by atoms with Gasteiger partial charge in [-0.05, 0) is 43.2 Å². The van der Waals surface area contributed by atoms with Gasteiger partial charge in [0.25, 0.3) is 0 Å². The molecule has 0 spiro atoms. The highest BCUT2D eigenvalue weighted by molar-refractivity contribution is 8.14. The Bertz CT molecular complexity index is 1490. The maximum absolute atomic E-state index is 14.6. The molecular formula is C30H33F2N3O8S2. The number of carbonyl (C=O) groups excluding carboxylic acids is 7. The van der Waals surface area contributed by atoms with Crippen molar-refractivity contribution in [2.45, 2.75) is 58.7 Å². The summed E-state index contributed by atoms with van der Waals surface area (Å²) in [6.45, 7) is 4.82. The molecule has 2 aromatic carbocycles. The van der Waals surface area contributed by atoms with E-state index in [9.17, 15) is 42.3 Å². The quantitative estimate of drug-likeness (QED) is 0.127. The third-order valence-corrected chi connectivity index (χ3v) is 7.54. The van der Waals surface area contributed by atoms with Crippen molar-refractivity contribution < 1.29 is 47.1 Å². The van der Waals surface area contributed by atoms with Gasteiger partial charge in [-0.1, -0.05) is 17.8 Å². The van der Waals surface area contributed by atoms with Gasteiger partial charge in [-0.15, -0.1) is 0 Å². The van der Waals surface area contributed by atoms with E-state index in [4.69, 9.17) is 4.74 Å². The lowest BCUT2D eigenvalue weighted by molar-refractivity contribution is -0.139. The highest BCUT2D eigenvalue weighted by Gasteiger charge is 2.28. The number of ketones is 2. The van der Waals surface area contributed by atoms with E-state index in [0.29, 0.717) is 17.8 Å². The van der Waals surface area contributed by atoms with Crippen LogP contribution in [0.15, 0.2) is 36.4 Å². The number of hydrogen-bond acceptors (Lipinski definition) is 10. The Labute approximate surface area is 268 Å². The van der Waals surface area contributed by atoms with Crippen molar-refractivity contribution in [3.8, 4) is 16.9 Å². The van der Waals surface area contributed by atoms with Crippen LogP contribution in [0, 0.1) is 11.6 Å². The number of amides is 3. The molecule has 0 aliphatic carbocycles. The highest BCUT2D eigenvalue weighted by Crippen LogP contribution is 2.32. The Morgan fingerprint density at radius 1 is 0.822 bits per heavy atom. The van der Waals surface area contributed by atoms with E-state index in [1.165, 1.54) is 45.0 Å². The van der Waals surface area contributed by atoms with Crippen LogP contribution in [0.1, 0.15) is 50.9 Å². The van der Waals surface area contributed by atoms with Gasteiger partial charge in [-0.2, -0.15) is 12.6 Å². The van der Waals surface area contributed by atoms with Crippen molar-refractivity contribution in [1.82, 2.24) is 16.0 Å². The van der Waals surface area contributed by atoms with Gasteiger partial charge in [-0.25, -0.2) is 13.6 Å². The van der Waals surface area contributed by atoms with E-state index < -0.39 is 70.1 Å². The number of hydrogen-bond donors (Lipinski definition) is 4. The molecule has 0 heterocycles. The predicted molar refractivity (Wildman–Crippen MR) is 166 cm³/mol. The second kappa shape index (κ2) is 17.4. The first-order valence-corrected chi connectivity index (χ1v) is 15.2. The SMILES string of the molecule is CC(=O)NC(CSC(=O)c1cc(-c2ccc(F)cc2F)ccc1OC(=O)C(CCC(=O)C(CS)NC(C)=O)NC(C)=O)C(C)=O. The minimum atomic E-state index is -1.34. The third kappa shape index (κ3) is 11.7. The van der Waals surface area contributed by atoms with Gasteiger partial charge in [0.05, 0.1) is 17.6 Å². The first-order chi connectivity index (χ1) is 21.1. The van der Waals surface area contributed by atoms with Gasteiger partial charge in [0, 0.05) is 50.3 Å². The summed E-state index contributed by atoms with van der Waals surface area (Å²) in [4.78, 5) is 85.9. The molecule has 2 aromatic rings. The number of rotatable bonds is 15. The van der Waals surface area contributed by atoms with E-state index in [1.807, 2.05) is 0 Å². The number of benzene rings is 2. The molecule has 45 heavy (non-hydrogen) atoms. The summed E-state index contributed by atoms with van der Waals surface area (Å²) >= 11 is 4.69. The first-order valence-electron chi connectivity index (χ1n) is 13.6. The van der Waals surface area contributed by atoms with Crippen LogP contribution in [0.25, 0.3) is 11.1 Å². The number of thioether (sulfide) groups is 1. The molecule has 0 aliphatic heterocycles. The first kappa shape index (κ1) is 37.1. The summed E-state index contributed by atoms with van der Waals surface area (Å²) < 4.78 is 33.6. The summed E-state index contributed by atoms with van der Waals surface area (Å²) in [7, 11) is 0. The van der Waals surface area contributed by atoms with Gasteiger partial charge in [0.15, 0.2) is 11.6 Å². The molecule has 3 unspecified atom stereocenters. The topological polar surface area (TPSA) is 165 Å². The second-order valence-electron chi connectivity index (χ2n) is 9.91. The summed E-state index contributed by atoms with van der Waals surface area (Å²) in [6, 6.07) is 3.36. The standard InChI is InChI=1S/C30H33F2N3O8S2/c1-15(36)26(35-18(4)39)14-45-30(42)22-11-19(21-7-6-20(31)12-23(21)32)5-10-28(22)43-29(41)24(33-16(2)37)8-9-27(40)25(13-44)34-17(3)38/h5-7,10-12,24-26,44H,8-9,13-14H2,1-4H3,(H,33,37)(H,34,38)(H,35,39). The van der Waals surface area contributed by atoms with Crippen LogP contribution < -0.4 is 20.7 Å². The normalized spacial score (nSPS) is 12.7. The molecule has 0 radical (unpaired) electrons. The lowest BCUT2D eigenvalue weighted by Gasteiger charge is -2.20. The Hall–Kier alpha value is -4.11. The molecule has 3 amide bonds. The largest absolute Gasteiger partial charge is 0.424 e. The average Bonchev–Trinajstić information content (AvgIpc) is 2.95. The number of esters is 1. The lowest BCUT2D eigenvalue weighted by atomic mass is 10.0. The molecule has 3 atom stereocenters. The van der Waals surface area contributed by atoms with Crippen molar-refractivity contribution in [2.75, 3.05) is 11.5 Å². The highest BCUT2D eigenvalue weighted by atomic mass is 32.2. The van der Waals surface area contributed by atoms with Crippen LogP contribution >= 0.6 is 24.4 Å². The van der Waals surface area contributed by atoms with E-state index >= 15 is 0 Å². The molecule has 0 bridgehead atoms. The smallest absolute Gasteiger partial charge is 0.334 e. The fraction of sp³-hybridized carbons (Fsp3) is 0.367. The molecule has 242 valence electrons. The van der Waals surface area contributed by atoms with Gasteiger partial charge >= 0.3 is 5.97 Å². The molecule has 0 aliphatic rings. The van der Waals surface area contributed by atoms with Gasteiger partial charge in [0.1, 0.15) is 23.4 Å². The summed E-state index contributed by atoms with van der Waals surface area (Å²) in [6.07, 6.45) is -0.458. The summed E-state index contributed by atoms with van der Waals surface area (Å²) in [5.74, 6) is -5.62. The molecule has 2 rings (SSSR count). The summed E-state index contributed by atoms with van der Waals surface area (Å²) in [5.41, 5.74) is -0.139. The average molecular weight is 666 g/mol. The van der Waals surface area contributed by atoms with Crippen LogP contribution in [-0.4, -0.2) is 70.0 Å². The van der Waals surface area contributed by atoms with Crippen molar-refractivity contribution in [3.63, 3.8) is 0 Å². The van der Waals surface area contributed by atoms with Crippen LogP contribution in [0.2, 0.25) is 0 Å². The zero-order valence-corrected chi connectivity index (χ0v) is 26.6. The molecule has 0 saturated carbocycles. The zero-order chi connectivity index (χ0) is 33.8. The number of nitrogens with one attached hydrogen (secondary N) is 3. The molecule has 0 fully saturated rings. The van der Waals surface area contributed by atoms with Crippen molar-refractivity contribution in [2.24, 2.45) is 0 Å². The predicted octanol–water partition coefficient (Wildman–Crippen LogP) is 2.79. The molecule has 3 N–H and O–H groups in total. The molecule has 15 heteroatoms. The van der Waals surface area contributed by atoms with Gasteiger partial charge in [0.2, 0.25) is 22.8 Å². The monoisotopic (exact) mass is 665 g/mol. The Kier molecular flexibility index (Phi) is 14.3. The van der Waals surface area contributed by atoms with Crippen molar-refractivity contribution in [1.29, 1.82) is 0 Å². The number of Topliss-reactive ketones (excluding diaryl/α,β-unsaturated/α-hetero) is 2. The maximum atomic E-state index is 14.6. The molecule has 0 saturated heterocycles. The van der Waals surface area contributed by atoms with E-state index in [2.05, 4.69) is 28.6 Å². The van der Waals surface area contributed by atoms with Crippen LogP contribution in [0.4, 0.5) is 8.78 Å². The fourth-order valence-electron chi connectivity index (χ4n) is 4.02. The fourth-order valence-corrected chi connectivity index (χ4v) is 5.27. The lowest BCUT2D eigenvalue weighted by Crippen LogP contribution is -2.44. The van der Waals surface area contributed by atoms with E-state index in [-0.39, 0.29) is 46.8 Å². The molecule has 0 aromatic heterocycles. The second-order valence-corrected chi connectivity index (χ2v) is 11.3. The van der Waals surface area contributed by atoms with Gasteiger partial charge < -0.3 is 20.7 Å². The Morgan fingerprint density at radius 3 is 1.98 bits per heavy atom. The zero-order valence-electron chi connectivity index (χ0n) is 24.9. The number of thiol groups is 1. The van der Waals surface area contributed by atoms with E-state index in [0.717, 1.165) is 13.0 Å². The Morgan fingerprint density at radius 2 is 1.42 bits per heavy atom. The number of ether oxygens (including phenoxy) is 1. The van der Waals surface area contributed by atoms with Gasteiger partial charge in [-0.3, -0.25) is 28.8 Å². The third-order valence-electron chi connectivity index (χ3n) is 6.19. The van der Waals surface area contributed by atoms with Crippen molar-refractivity contribution >= 4 is 64.8 Å². The maximum Gasteiger partial charge on any atom is 0.334 e. The van der Waals surface area contributed by atoms with Crippen LogP contribution in [0.5, 0.6) is 5.75 Å². The molecular weight excluding hydrogens is 632 g/mol. The number of halogens is 2. The molecule has 11 nitrogen and oxygen atoms in total. The van der Waals surface area contributed by atoms with Crippen LogP contribution in [-0.2, 0) is 28.8 Å². The van der Waals surface area contributed by atoms with Crippen molar-refractivity contribution in [3.05, 3.63) is 53.6 Å². The minimum absolute atomic E-state index is 0.00419.